The molecule has 1 aliphatic rings. The van der Waals surface area contributed by atoms with Gasteiger partial charge < -0.3 is 14.6 Å². The lowest BCUT2D eigenvalue weighted by atomic mass is 10.1. The molecule has 0 aliphatic carbocycles. The van der Waals surface area contributed by atoms with E-state index in [0.717, 1.165) is 42.8 Å². The molecule has 0 saturated carbocycles. The van der Waals surface area contributed by atoms with Crippen LogP contribution in [0, 0.1) is 5.92 Å². The second-order valence-electron chi connectivity index (χ2n) is 6.52. The first kappa shape index (κ1) is 15.8. The summed E-state index contributed by atoms with van der Waals surface area (Å²) in [5, 5.41) is 0. The van der Waals surface area contributed by atoms with Crippen LogP contribution in [0.15, 0.2) is 59.5 Å². The van der Waals surface area contributed by atoms with Crippen molar-refractivity contribution in [2.24, 2.45) is 5.92 Å². The fraction of sp³-hybridized carbons (Fsp3) is 0.300. The van der Waals surface area contributed by atoms with Crippen LogP contribution in [-0.4, -0.2) is 29.7 Å². The Bertz CT molecular complexity index is 907. The van der Waals surface area contributed by atoms with Gasteiger partial charge >= 0.3 is 0 Å². The Morgan fingerprint density at radius 3 is 2.96 bits per heavy atom. The standard InChI is InChI=1S/C20H21N3O2/c24-19-11-18(20-17(22-19)7-4-9-21-20)23-10-8-16(12-23)14-25-13-15-5-2-1-3-6-15/h1-7,9,11,16H,8,10,12-14H2,(H,22,24). The highest BCUT2D eigenvalue weighted by atomic mass is 16.5. The molecule has 3 heterocycles. The first-order valence-electron chi connectivity index (χ1n) is 8.64. The van der Waals surface area contributed by atoms with E-state index in [1.807, 2.05) is 30.3 Å². The van der Waals surface area contributed by atoms with Crippen LogP contribution in [0.2, 0.25) is 0 Å². The highest BCUT2D eigenvalue weighted by Crippen LogP contribution is 2.27. The average Bonchev–Trinajstić information content (AvgIpc) is 3.10. The average molecular weight is 335 g/mol. The van der Waals surface area contributed by atoms with Gasteiger partial charge in [-0.05, 0) is 24.1 Å². The van der Waals surface area contributed by atoms with Crippen molar-refractivity contribution < 1.29 is 4.74 Å². The van der Waals surface area contributed by atoms with Crippen LogP contribution in [-0.2, 0) is 11.3 Å². The third kappa shape index (κ3) is 3.56. The number of ether oxygens (including phenoxy) is 1. The van der Waals surface area contributed by atoms with E-state index in [2.05, 4.69) is 27.0 Å². The van der Waals surface area contributed by atoms with Crippen molar-refractivity contribution in [3.63, 3.8) is 0 Å². The molecule has 2 aromatic heterocycles. The number of hydrogen-bond acceptors (Lipinski definition) is 4. The Morgan fingerprint density at radius 1 is 1.20 bits per heavy atom. The fourth-order valence-electron chi connectivity index (χ4n) is 3.42. The second-order valence-corrected chi connectivity index (χ2v) is 6.52. The van der Waals surface area contributed by atoms with Crippen molar-refractivity contribution in [3.05, 3.63) is 70.6 Å². The number of nitrogens with one attached hydrogen (secondary N) is 1. The number of rotatable bonds is 5. The number of pyridine rings is 2. The number of anilines is 1. The van der Waals surface area contributed by atoms with Crippen LogP contribution in [0.3, 0.4) is 0 Å². The minimum atomic E-state index is -0.0840. The Hall–Kier alpha value is -2.66. The summed E-state index contributed by atoms with van der Waals surface area (Å²) in [4.78, 5) is 21.5. The molecule has 128 valence electrons. The molecule has 1 atom stereocenters. The summed E-state index contributed by atoms with van der Waals surface area (Å²) in [6, 6.07) is 15.6. The number of aromatic amines is 1. The minimum Gasteiger partial charge on any atom is -0.376 e. The van der Waals surface area contributed by atoms with Crippen molar-refractivity contribution in [2.45, 2.75) is 13.0 Å². The third-order valence-corrected chi connectivity index (χ3v) is 4.67. The highest BCUT2D eigenvalue weighted by molar-refractivity contribution is 5.87. The maximum atomic E-state index is 11.9. The van der Waals surface area contributed by atoms with E-state index in [4.69, 9.17) is 4.74 Å². The summed E-state index contributed by atoms with van der Waals surface area (Å²) < 4.78 is 5.89. The third-order valence-electron chi connectivity index (χ3n) is 4.67. The van der Waals surface area contributed by atoms with E-state index in [-0.39, 0.29) is 5.56 Å². The van der Waals surface area contributed by atoms with Gasteiger partial charge in [0.15, 0.2) is 0 Å². The molecule has 1 fully saturated rings. The Morgan fingerprint density at radius 2 is 2.08 bits per heavy atom. The zero-order valence-electron chi connectivity index (χ0n) is 14.0. The maximum absolute atomic E-state index is 11.9. The van der Waals surface area contributed by atoms with E-state index in [1.54, 1.807) is 12.3 Å². The lowest BCUT2D eigenvalue weighted by Gasteiger charge is -2.19. The quantitative estimate of drug-likeness (QED) is 0.779. The van der Waals surface area contributed by atoms with Gasteiger partial charge in [0.2, 0.25) is 0 Å². The predicted molar refractivity (Wildman–Crippen MR) is 98.8 cm³/mol. The number of nitrogens with zero attached hydrogens (tertiary/aromatic N) is 2. The summed E-state index contributed by atoms with van der Waals surface area (Å²) in [6.45, 7) is 3.20. The van der Waals surface area contributed by atoms with Gasteiger partial charge in [-0.25, -0.2) is 0 Å². The van der Waals surface area contributed by atoms with Crippen LogP contribution < -0.4 is 10.5 Å². The van der Waals surface area contributed by atoms with Crippen LogP contribution in [0.5, 0.6) is 0 Å². The second kappa shape index (κ2) is 7.07. The molecule has 25 heavy (non-hydrogen) atoms. The van der Waals surface area contributed by atoms with E-state index >= 15 is 0 Å². The number of benzene rings is 1. The number of aromatic nitrogens is 2. The van der Waals surface area contributed by atoms with Gasteiger partial charge in [-0.2, -0.15) is 0 Å². The first-order chi connectivity index (χ1) is 12.3. The lowest BCUT2D eigenvalue weighted by Crippen LogP contribution is -2.23. The number of H-pyrrole nitrogens is 1. The minimum absolute atomic E-state index is 0.0840. The summed E-state index contributed by atoms with van der Waals surface area (Å²) in [5.74, 6) is 0.474. The van der Waals surface area contributed by atoms with Crippen molar-refractivity contribution in [2.75, 3.05) is 24.6 Å². The zero-order valence-corrected chi connectivity index (χ0v) is 14.0. The summed E-state index contributed by atoms with van der Waals surface area (Å²) in [5.41, 5.74) is 3.67. The molecular formula is C20H21N3O2. The van der Waals surface area contributed by atoms with Crippen molar-refractivity contribution >= 4 is 16.7 Å². The molecule has 5 nitrogen and oxygen atoms in total. The van der Waals surface area contributed by atoms with Gasteiger partial charge in [0, 0.05) is 31.3 Å². The molecule has 3 aromatic rings. The molecule has 1 aromatic carbocycles. The lowest BCUT2D eigenvalue weighted by molar-refractivity contribution is 0.0929. The van der Waals surface area contributed by atoms with Crippen molar-refractivity contribution in [3.8, 4) is 0 Å². The number of hydrogen-bond donors (Lipinski definition) is 1. The summed E-state index contributed by atoms with van der Waals surface area (Å²) in [7, 11) is 0. The normalized spacial score (nSPS) is 17.3. The summed E-state index contributed by atoms with van der Waals surface area (Å²) in [6.07, 6.45) is 2.83. The molecule has 1 N–H and O–H groups in total. The predicted octanol–water partition coefficient (Wildman–Crippen LogP) is 2.97. The van der Waals surface area contributed by atoms with E-state index in [9.17, 15) is 4.79 Å². The molecule has 0 amide bonds. The molecule has 1 unspecified atom stereocenters. The first-order valence-corrected chi connectivity index (χ1v) is 8.64. The van der Waals surface area contributed by atoms with E-state index in [0.29, 0.717) is 12.5 Å². The Labute approximate surface area is 146 Å². The van der Waals surface area contributed by atoms with Gasteiger partial charge in [-0.3, -0.25) is 9.78 Å². The molecule has 5 heteroatoms. The zero-order chi connectivity index (χ0) is 17.1. The van der Waals surface area contributed by atoms with E-state index in [1.165, 1.54) is 5.56 Å². The van der Waals surface area contributed by atoms with Gasteiger partial charge in [0.1, 0.15) is 5.52 Å². The van der Waals surface area contributed by atoms with E-state index < -0.39 is 0 Å². The highest BCUT2D eigenvalue weighted by Gasteiger charge is 2.24. The van der Waals surface area contributed by atoms with Crippen LogP contribution in [0.4, 0.5) is 5.69 Å². The maximum Gasteiger partial charge on any atom is 0.250 e. The van der Waals surface area contributed by atoms with Gasteiger partial charge in [-0.15, -0.1) is 0 Å². The molecule has 0 spiro atoms. The molecule has 1 saturated heterocycles. The molecular weight excluding hydrogens is 314 g/mol. The van der Waals surface area contributed by atoms with Gasteiger partial charge in [-0.1, -0.05) is 30.3 Å². The van der Waals surface area contributed by atoms with Gasteiger partial charge in [0.25, 0.3) is 5.56 Å². The number of fused-ring (bicyclic) bond motifs is 1. The topological polar surface area (TPSA) is 58.2 Å². The SMILES string of the molecule is O=c1cc(N2CCC(COCc3ccccc3)C2)c2ncccc2[nH]1. The Balaban J connectivity index is 1.42. The smallest absolute Gasteiger partial charge is 0.250 e. The molecule has 4 rings (SSSR count). The molecule has 0 radical (unpaired) electrons. The van der Waals surface area contributed by atoms with Crippen LogP contribution in [0.25, 0.3) is 11.0 Å². The monoisotopic (exact) mass is 335 g/mol. The molecule has 0 bridgehead atoms. The van der Waals surface area contributed by atoms with Crippen LogP contribution >= 0.6 is 0 Å². The van der Waals surface area contributed by atoms with Crippen molar-refractivity contribution in [1.82, 2.24) is 9.97 Å². The van der Waals surface area contributed by atoms with Gasteiger partial charge in [0.05, 0.1) is 24.4 Å². The fourth-order valence-corrected chi connectivity index (χ4v) is 3.42. The summed E-state index contributed by atoms with van der Waals surface area (Å²) >= 11 is 0. The Kier molecular flexibility index (Phi) is 4.48. The molecule has 1 aliphatic heterocycles. The van der Waals surface area contributed by atoms with Crippen LogP contribution in [0.1, 0.15) is 12.0 Å². The largest absolute Gasteiger partial charge is 0.376 e. The van der Waals surface area contributed by atoms with Crippen molar-refractivity contribution in [1.29, 1.82) is 0 Å².